The van der Waals surface area contributed by atoms with Gasteiger partial charge in [-0.3, -0.25) is 4.90 Å². The van der Waals surface area contributed by atoms with Crippen LogP contribution in [0.1, 0.15) is 25.0 Å². The molecule has 1 heterocycles. The Morgan fingerprint density at radius 2 is 2.05 bits per heavy atom. The monoisotopic (exact) mass is 301 g/mol. The van der Waals surface area contributed by atoms with Crippen molar-refractivity contribution in [1.82, 2.24) is 4.90 Å². The lowest BCUT2D eigenvalue weighted by Crippen LogP contribution is -2.47. The lowest BCUT2D eigenvalue weighted by Gasteiger charge is -2.33. The largest absolute Gasteiger partial charge is 0.388 e. The SMILES string of the molecule is CC1CS(=O)(=O)CCN1CCC(O)c1ccc(F)cc1. The topological polar surface area (TPSA) is 57.6 Å². The van der Waals surface area contributed by atoms with Crippen LogP contribution in [0.15, 0.2) is 24.3 Å². The zero-order chi connectivity index (χ0) is 14.8. The molecule has 4 nitrogen and oxygen atoms in total. The van der Waals surface area contributed by atoms with Crippen LogP contribution in [0.3, 0.4) is 0 Å². The smallest absolute Gasteiger partial charge is 0.153 e. The number of benzene rings is 1. The van der Waals surface area contributed by atoms with Crippen molar-refractivity contribution in [2.45, 2.75) is 25.5 Å². The average Bonchev–Trinajstić information content (AvgIpc) is 2.37. The first-order chi connectivity index (χ1) is 9.37. The third-order valence-electron chi connectivity index (χ3n) is 3.75. The third-order valence-corrected chi connectivity index (χ3v) is 5.55. The molecule has 0 aliphatic carbocycles. The van der Waals surface area contributed by atoms with Gasteiger partial charge in [-0.2, -0.15) is 0 Å². The van der Waals surface area contributed by atoms with E-state index in [0.29, 0.717) is 25.1 Å². The highest BCUT2D eigenvalue weighted by Gasteiger charge is 2.28. The van der Waals surface area contributed by atoms with Gasteiger partial charge in [-0.25, -0.2) is 12.8 Å². The minimum atomic E-state index is -2.91. The van der Waals surface area contributed by atoms with E-state index >= 15 is 0 Å². The zero-order valence-corrected chi connectivity index (χ0v) is 12.3. The summed E-state index contributed by atoms with van der Waals surface area (Å²) in [7, 11) is -2.91. The van der Waals surface area contributed by atoms with E-state index in [2.05, 4.69) is 4.90 Å². The predicted molar refractivity (Wildman–Crippen MR) is 75.7 cm³/mol. The molecule has 1 aliphatic rings. The minimum Gasteiger partial charge on any atom is -0.388 e. The molecule has 1 aromatic carbocycles. The lowest BCUT2D eigenvalue weighted by atomic mass is 10.1. The maximum absolute atomic E-state index is 12.8. The summed E-state index contributed by atoms with van der Waals surface area (Å²) in [5.41, 5.74) is 0.684. The number of sulfone groups is 1. The maximum Gasteiger partial charge on any atom is 0.153 e. The van der Waals surface area contributed by atoms with E-state index in [4.69, 9.17) is 0 Å². The molecule has 1 aromatic rings. The van der Waals surface area contributed by atoms with E-state index in [1.165, 1.54) is 12.1 Å². The number of aliphatic hydroxyl groups is 1. The molecule has 2 atom stereocenters. The molecule has 0 saturated carbocycles. The van der Waals surface area contributed by atoms with Gasteiger partial charge in [-0.15, -0.1) is 0 Å². The van der Waals surface area contributed by atoms with Crippen LogP contribution in [0.4, 0.5) is 4.39 Å². The number of aliphatic hydroxyl groups excluding tert-OH is 1. The molecule has 2 rings (SSSR count). The van der Waals surface area contributed by atoms with Gasteiger partial charge in [0.2, 0.25) is 0 Å². The Hall–Kier alpha value is -0.980. The molecule has 0 spiro atoms. The van der Waals surface area contributed by atoms with E-state index in [1.807, 2.05) is 6.92 Å². The fraction of sp³-hybridized carbons (Fsp3) is 0.571. The summed E-state index contributed by atoms with van der Waals surface area (Å²) < 4.78 is 35.8. The highest BCUT2D eigenvalue weighted by atomic mass is 32.2. The van der Waals surface area contributed by atoms with Crippen molar-refractivity contribution in [2.24, 2.45) is 0 Å². The van der Waals surface area contributed by atoms with Gasteiger partial charge in [-0.05, 0) is 31.0 Å². The summed E-state index contributed by atoms with van der Waals surface area (Å²) in [6, 6.07) is 5.78. The number of rotatable bonds is 4. The molecule has 2 unspecified atom stereocenters. The van der Waals surface area contributed by atoms with Gasteiger partial charge < -0.3 is 5.11 Å². The van der Waals surface area contributed by atoms with Crippen molar-refractivity contribution in [1.29, 1.82) is 0 Å². The van der Waals surface area contributed by atoms with E-state index in [-0.39, 0.29) is 23.4 Å². The van der Waals surface area contributed by atoms with Crippen molar-refractivity contribution < 1.29 is 17.9 Å². The van der Waals surface area contributed by atoms with Crippen LogP contribution in [0.25, 0.3) is 0 Å². The molecule has 1 aliphatic heterocycles. The second-order valence-electron chi connectivity index (χ2n) is 5.36. The second-order valence-corrected chi connectivity index (χ2v) is 7.58. The van der Waals surface area contributed by atoms with Gasteiger partial charge in [0.1, 0.15) is 5.82 Å². The molecule has 1 N–H and O–H groups in total. The molecule has 112 valence electrons. The minimum absolute atomic E-state index is 0.0193. The van der Waals surface area contributed by atoms with Crippen LogP contribution < -0.4 is 0 Å². The first-order valence-electron chi connectivity index (χ1n) is 6.75. The molecule has 0 aromatic heterocycles. The van der Waals surface area contributed by atoms with E-state index < -0.39 is 15.9 Å². The Kier molecular flexibility index (Phi) is 4.78. The van der Waals surface area contributed by atoms with Gasteiger partial charge in [0.15, 0.2) is 9.84 Å². The average molecular weight is 301 g/mol. The summed E-state index contributed by atoms with van der Waals surface area (Å²) in [4.78, 5) is 2.08. The molecular formula is C14H20FNO3S. The quantitative estimate of drug-likeness (QED) is 0.912. The summed E-state index contributed by atoms with van der Waals surface area (Å²) in [5.74, 6) is 0.0414. The van der Waals surface area contributed by atoms with Crippen LogP contribution in [0, 0.1) is 5.82 Å². The van der Waals surface area contributed by atoms with Gasteiger partial charge in [0, 0.05) is 19.1 Å². The molecule has 0 amide bonds. The highest BCUT2D eigenvalue weighted by Crippen LogP contribution is 2.19. The Morgan fingerprint density at radius 1 is 1.40 bits per heavy atom. The molecule has 1 saturated heterocycles. The number of hydrogen-bond donors (Lipinski definition) is 1. The van der Waals surface area contributed by atoms with Crippen LogP contribution in [0.2, 0.25) is 0 Å². The first-order valence-corrected chi connectivity index (χ1v) is 8.57. The molecule has 0 bridgehead atoms. The van der Waals surface area contributed by atoms with Crippen molar-refractivity contribution in [2.75, 3.05) is 24.6 Å². The molecule has 0 radical (unpaired) electrons. The second kappa shape index (κ2) is 6.20. The normalized spacial score (nSPS) is 24.4. The van der Waals surface area contributed by atoms with Crippen LogP contribution >= 0.6 is 0 Å². The number of hydrogen-bond acceptors (Lipinski definition) is 4. The Labute approximate surface area is 119 Å². The fourth-order valence-corrected chi connectivity index (χ4v) is 4.13. The fourth-order valence-electron chi connectivity index (χ4n) is 2.50. The molecule has 6 heteroatoms. The summed E-state index contributed by atoms with van der Waals surface area (Å²) in [6.07, 6.45) is -0.142. The van der Waals surface area contributed by atoms with E-state index in [9.17, 15) is 17.9 Å². The Morgan fingerprint density at radius 3 is 2.65 bits per heavy atom. The zero-order valence-electron chi connectivity index (χ0n) is 11.5. The van der Waals surface area contributed by atoms with Gasteiger partial charge in [-0.1, -0.05) is 12.1 Å². The maximum atomic E-state index is 12.8. The van der Waals surface area contributed by atoms with E-state index in [1.54, 1.807) is 12.1 Å². The van der Waals surface area contributed by atoms with Crippen LogP contribution in [0.5, 0.6) is 0 Å². The lowest BCUT2D eigenvalue weighted by molar-refractivity contribution is 0.131. The Bertz CT molecular complexity index is 544. The predicted octanol–water partition coefficient (Wildman–Crippen LogP) is 1.37. The van der Waals surface area contributed by atoms with Gasteiger partial charge >= 0.3 is 0 Å². The standard InChI is InChI=1S/C14H20FNO3S/c1-11-10-20(18,19)9-8-16(11)7-6-14(17)12-2-4-13(15)5-3-12/h2-5,11,14,17H,6-10H2,1H3. The van der Waals surface area contributed by atoms with Gasteiger partial charge in [0.05, 0.1) is 17.6 Å². The first kappa shape index (κ1) is 15.4. The van der Waals surface area contributed by atoms with Crippen molar-refractivity contribution in [3.63, 3.8) is 0 Å². The number of nitrogens with zero attached hydrogens (tertiary/aromatic N) is 1. The van der Waals surface area contributed by atoms with E-state index in [0.717, 1.165) is 0 Å². The third kappa shape index (κ3) is 4.01. The van der Waals surface area contributed by atoms with Crippen molar-refractivity contribution in [3.8, 4) is 0 Å². The summed E-state index contributed by atoms with van der Waals surface area (Å²) in [6.45, 7) is 3.04. The molecule has 20 heavy (non-hydrogen) atoms. The van der Waals surface area contributed by atoms with Crippen molar-refractivity contribution >= 4 is 9.84 Å². The summed E-state index contributed by atoms with van der Waals surface area (Å²) >= 11 is 0. The number of halogens is 1. The van der Waals surface area contributed by atoms with Crippen LogP contribution in [-0.2, 0) is 9.84 Å². The summed E-state index contributed by atoms with van der Waals surface area (Å²) in [5, 5.41) is 10.1. The van der Waals surface area contributed by atoms with Crippen LogP contribution in [-0.4, -0.2) is 49.1 Å². The molecular weight excluding hydrogens is 281 g/mol. The highest BCUT2D eigenvalue weighted by molar-refractivity contribution is 7.91. The Balaban J connectivity index is 1.87. The van der Waals surface area contributed by atoms with Crippen molar-refractivity contribution in [3.05, 3.63) is 35.6 Å². The van der Waals surface area contributed by atoms with Gasteiger partial charge in [0.25, 0.3) is 0 Å². The molecule has 1 fully saturated rings.